The molecule has 28 heavy (non-hydrogen) atoms. The van der Waals surface area contributed by atoms with Gasteiger partial charge >= 0.3 is 6.18 Å². The molecule has 0 aromatic heterocycles. The summed E-state index contributed by atoms with van der Waals surface area (Å²) in [6, 6.07) is 5.41. The van der Waals surface area contributed by atoms with E-state index in [0.29, 0.717) is 49.5 Å². The maximum atomic E-state index is 12.5. The second-order valence-electron chi connectivity index (χ2n) is 7.49. The van der Waals surface area contributed by atoms with Gasteiger partial charge in [-0.3, -0.25) is 4.79 Å². The Labute approximate surface area is 163 Å². The molecule has 1 heterocycles. The Morgan fingerprint density at radius 2 is 1.93 bits per heavy atom. The number of hydrogen-bond acceptors (Lipinski definition) is 4. The first kappa shape index (κ1) is 20.8. The Morgan fingerprint density at radius 1 is 1.21 bits per heavy atom. The van der Waals surface area contributed by atoms with Crippen LogP contribution >= 0.6 is 0 Å². The van der Waals surface area contributed by atoms with Gasteiger partial charge in [0.2, 0.25) is 0 Å². The van der Waals surface area contributed by atoms with Gasteiger partial charge in [-0.25, -0.2) is 0 Å². The second-order valence-corrected chi connectivity index (χ2v) is 7.49. The number of rotatable bonds is 8. The molecule has 0 bridgehead atoms. The first-order valence-electron chi connectivity index (χ1n) is 9.79. The van der Waals surface area contributed by atoms with Crippen molar-refractivity contribution in [1.82, 2.24) is 10.2 Å². The number of benzene rings is 1. The Bertz CT molecular complexity index is 669. The van der Waals surface area contributed by atoms with Crippen molar-refractivity contribution in [3.63, 3.8) is 0 Å². The number of ether oxygens (including phenoxy) is 2. The second kappa shape index (κ2) is 9.03. The van der Waals surface area contributed by atoms with Crippen LogP contribution in [0, 0.1) is 0 Å². The Balaban J connectivity index is 1.54. The molecule has 156 valence electrons. The van der Waals surface area contributed by atoms with Crippen LogP contribution in [0.25, 0.3) is 0 Å². The fraction of sp³-hybridized carbons (Fsp3) is 0.650. The van der Waals surface area contributed by atoms with Gasteiger partial charge in [0.05, 0.1) is 12.7 Å². The van der Waals surface area contributed by atoms with E-state index in [0.717, 1.165) is 12.8 Å². The zero-order valence-electron chi connectivity index (χ0n) is 16.1. The average Bonchev–Trinajstić information content (AvgIpc) is 3.46. The monoisotopic (exact) mass is 400 g/mol. The molecule has 1 aromatic rings. The molecule has 1 saturated heterocycles. The third-order valence-electron chi connectivity index (χ3n) is 5.11. The van der Waals surface area contributed by atoms with Crippen LogP contribution < -0.4 is 14.8 Å². The van der Waals surface area contributed by atoms with Gasteiger partial charge in [0, 0.05) is 31.6 Å². The lowest BCUT2D eigenvalue weighted by atomic mass is 10.1. The highest BCUT2D eigenvalue weighted by Gasteiger charge is 2.29. The van der Waals surface area contributed by atoms with Crippen molar-refractivity contribution in [3.8, 4) is 11.5 Å². The molecule has 1 aromatic carbocycles. The highest BCUT2D eigenvalue weighted by atomic mass is 19.4. The van der Waals surface area contributed by atoms with Gasteiger partial charge in [0.1, 0.15) is 17.6 Å². The molecule has 0 unspecified atom stereocenters. The number of nitrogens with one attached hydrogen (secondary N) is 1. The van der Waals surface area contributed by atoms with E-state index in [2.05, 4.69) is 5.32 Å². The normalized spacial score (nSPS) is 18.7. The summed E-state index contributed by atoms with van der Waals surface area (Å²) in [5.74, 6) is 0.959. The van der Waals surface area contributed by atoms with Gasteiger partial charge in [-0.15, -0.1) is 0 Å². The summed E-state index contributed by atoms with van der Waals surface area (Å²) in [7, 11) is 1.56. The maximum Gasteiger partial charge on any atom is 0.389 e. The number of hydrogen-bond donors (Lipinski definition) is 1. The molecule has 2 aliphatic rings. The van der Waals surface area contributed by atoms with E-state index in [-0.39, 0.29) is 24.5 Å². The third kappa shape index (κ3) is 6.29. The SMILES string of the molecule is COc1ccc(C(=O)NC2CC2)c(OC2CCN(CCCC(F)(F)F)CC2)c1. The molecule has 5 nitrogen and oxygen atoms in total. The van der Waals surface area contributed by atoms with Crippen LogP contribution in [0.1, 0.15) is 48.9 Å². The highest BCUT2D eigenvalue weighted by Crippen LogP contribution is 2.29. The van der Waals surface area contributed by atoms with Crippen molar-refractivity contribution in [2.24, 2.45) is 0 Å². The Kier molecular flexibility index (Phi) is 6.69. The van der Waals surface area contributed by atoms with E-state index in [1.54, 1.807) is 25.3 Å². The summed E-state index contributed by atoms with van der Waals surface area (Å²) in [4.78, 5) is 14.5. The van der Waals surface area contributed by atoms with E-state index >= 15 is 0 Å². The lowest BCUT2D eigenvalue weighted by molar-refractivity contribution is -0.136. The summed E-state index contributed by atoms with van der Waals surface area (Å²) in [5, 5.41) is 2.97. The third-order valence-corrected chi connectivity index (χ3v) is 5.11. The molecule has 0 radical (unpaired) electrons. The number of alkyl halides is 3. The molecule has 1 aliphatic heterocycles. The molecule has 1 saturated carbocycles. The van der Waals surface area contributed by atoms with E-state index in [1.807, 2.05) is 4.90 Å². The van der Waals surface area contributed by atoms with Crippen LogP contribution in [0.5, 0.6) is 11.5 Å². The zero-order valence-corrected chi connectivity index (χ0v) is 16.1. The predicted octanol–water partition coefficient (Wildman–Crippen LogP) is 3.77. The molecule has 1 N–H and O–H groups in total. The van der Waals surface area contributed by atoms with Gasteiger partial charge in [-0.05, 0) is 50.8 Å². The molecule has 1 amide bonds. The van der Waals surface area contributed by atoms with E-state index in [1.165, 1.54) is 0 Å². The Morgan fingerprint density at radius 3 is 2.54 bits per heavy atom. The molecule has 0 spiro atoms. The first-order chi connectivity index (χ1) is 13.3. The molecule has 1 aliphatic carbocycles. The fourth-order valence-corrected chi connectivity index (χ4v) is 3.34. The quantitative estimate of drug-likeness (QED) is 0.722. The molecular formula is C20H27F3N2O3. The van der Waals surface area contributed by atoms with E-state index in [4.69, 9.17) is 9.47 Å². The van der Waals surface area contributed by atoms with Crippen LogP contribution in [0.15, 0.2) is 18.2 Å². The summed E-state index contributed by atoms with van der Waals surface area (Å²) >= 11 is 0. The molecule has 3 rings (SSSR count). The fourth-order valence-electron chi connectivity index (χ4n) is 3.34. The van der Waals surface area contributed by atoms with Crippen molar-refractivity contribution in [3.05, 3.63) is 23.8 Å². The van der Waals surface area contributed by atoms with Crippen molar-refractivity contribution in [2.75, 3.05) is 26.7 Å². The van der Waals surface area contributed by atoms with Crippen molar-refractivity contribution in [1.29, 1.82) is 0 Å². The number of carbonyl (C=O) groups excluding carboxylic acids is 1. The smallest absolute Gasteiger partial charge is 0.389 e. The van der Waals surface area contributed by atoms with Gasteiger partial charge < -0.3 is 19.7 Å². The molecule has 0 atom stereocenters. The summed E-state index contributed by atoms with van der Waals surface area (Å²) < 4.78 is 48.2. The van der Waals surface area contributed by atoms with Crippen LogP contribution in [0.3, 0.4) is 0 Å². The molecule has 8 heteroatoms. The largest absolute Gasteiger partial charge is 0.497 e. The van der Waals surface area contributed by atoms with E-state index in [9.17, 15) is 18.0 Å². The van der Waals surface area contributed by atoms with Crippen LogP contribution in [-0.4, -0.2) is 55.9 Å². The maximum absolute atomic E-state index is 12.5. The average molecular weight is 400 g/mol. The number of nitrogens with zero attached hydrogens (tertiary/aromatic N) is 1. The number of methoxy groups -OCH3 is 1. The van der Waals surface area contributed by atoms with Gasteiger partial charge in [0.25, 0.3) is 5.91 Å². The summed E-state index contributed by atoms with van der Waals surface area (Å²) in [6.45, 7) is 1.83. The molecular weight excluding hydrogens is 373 g/mol. The molecule has 2 fully saturated rings. The minimum Gasteiger partial charge on any atom is -0.497 e. The van der Waals surface area contributed by atoms with Gasteiger partial charge in [-0.2, -0.15) is 13.2 Å². The first-order valence-corrected chi connectivity index (χ1v) is 9.79. The van der Waals surface area contributed by atoms with Gasteiger partial charge in [0.15, 0.2) is 0 Å². The van der Waals surface area contributed by atoms with E-state index < -0.39 is 12.6 Å². The zero-order chi connectivity index (χ0) is 20.1. The number of likely N-dealkylation sites (tertiary alicyclic amines) is 1. The Hall–Kier alpha value is -1.96. The number of amides is 1. The number of carbonyl (C=O) groups is 1. The van der Waals surface area contributed by atoms with Crippen LogP contribution in [-0.2, 0) is 0 Å². The van der Waals surface area contributed by atoms with Crippen molar-refractivity contribution in [2.45, 2.75) is 56.8 Å². The van der Waals surface area contributed by atoms with Crippen LogP contribution in [0.4, 0.5) is 13.2 Å². The van der Waals surface area contributed by atoms with Crippen molar-refractivity contribution >= 4 is 5.91 Å². The van der Waals surface area contributed by atoms with Gasteiger partial charge in [-0.1, -0.05) is 0 Å². The summed E-state index contributed by atoms with van der Waals surface area (Å²) in [5.41, 5.74) is 0.486. The lowest BCUT2D eigenvalue weighted by Gasteiger charge is -2.32. The standard InChI is InChI=1S/C20H27F3N2O3/c1-27-16-5-6-17(19(26)24-14-3-4-14)18(13-16)28-15-7-11-25(12-8-15)10-2-9-20(21,22)23/h5-6,13-15H,2-4,7-12H2,1H3,(H,24,26). The lowest BCUT2D eigenvalue weighted by Crippen LogP contribution is -2.39. The minimum atomic E-state index is -4.09. The summed E-state index contributed by atoms with van der Waals surface area (Å²) in [6.07, 6.45) is -1.34. The number of piperidine rings is 1. The predicted molar refractivity (Wildman–Crippen MR) is 98.9 cm³/mol. The van der Waals surface area contributed by atoms with Crippen LogP contribution in [0.2, 0.25) is 0 Å². The minimum absolute atomic E-state index is 0.0709. The van der Waals surface area contributed by atoms with Crippen molar-refractivity contribution < 1.29 is 27.4 Å². The number of halogens is 3. The highest BCUT2D eigenvalue weighted by molar-refractivity contribution is 5.97. The topological polar surface area (TPSA) is 50.8 Å².